The number of thiophene rings is 1. The van der Waals surface area contributed by atoms with Crippen molar-refractivity contribution >= 4 is 40.7 Å². The van der Waals surface area contributed by atoms with E-state index in [9.17, 15) is 14.0 Å². The lowest BCUT2D eigenvalue weighted by atomic mass is 9.88. The number of nitrogens with zero attached hydrogens (tertiary/aromatic N) is 4. The summed E-state index contributed by atoms with van der Waals surface area (Å²) in [4.78, 5) is 31.8. The fourth-order valence-corrected chi connectivity index (χ4v) is 7.17. The molecule has 0 spiro atoms. The largest absolute Gasteiger partial charge is 0.341 e. The van der Waals surface area contributed by atoms with Gasteiger partial charge in [0.05, 0.1) is 22.4 Å². The summed E-state index contributed by atoms with van der Waals surface area (Å²) in [6, 6.07) is 10.2. The second-order valence-electron chi connectivity index (χ2n) is 11.0. The molecule has 2 aromatic heterocycles. The lowest BCUT2D eigenvalue weighted by Crippen LogP contribution is -2.46. The number of hydrogen-bond acceptors (Lipinski definition) is 5. The fraction of sp³-hybridized carbons (Fsp3) is 0.464. The van der Waals surface area contributed by atoms with Gasteiger partial charge in [0.1, 0.15) is 18.2 Å². The number of carbonyl (C=O) groups is 2. The van der Waals surface area contributed by atoms with E-state index in [0.29, 0.717) is 30.5 Å². The number of piperidine rings is 1. The number of aromatic nitrogens is 2. The van der Waals surface area contributed by atoms with Gasteiger partial charge >= 0.3 is 0 Å². The Morgan fingerprint density at radius 3 is 2.46 bits per heavy atom. The average molecular weight is 541 g/mol. The van der Waals surface area contributed by atoms with E-state index < -0.39 is 0 Å². The smallest absolute Gasteiger partial charge is 0.242 e. The summed E-state index contributed by atoms with van der Waals surface area (Å²) in [7, 11) is 0. The van der Waals surface area contributed by atoms with E-state index in [1.165, 1.54) is 12.1 Å². The monoisotopic (exact) mass is 540 g/mol. The highest BCUT2D eigenvalue weighted by molar-refractivity contribution is 8.00. The van der Waals surface area contributed by atoms with Crippen LogP contribution >= 0.6 is 23.1 Å². The predicted molar refractivity (Wildman–Crippen MR) is 148 cm³/mol. The van der Waals surface area contributed by atoms with Crippen molar-refractivity contribution in [2.75, 3.05) is 30.3 Å². The number of hydrogen-bond donors (Lipinski definition) is 0. The molecular weight excluding hydrogens is 507 g/mol. The molecule has 196 valence electrons. The highest BCUT2D eigenvalue weighted by Crippen LogP contribution is 2.49. The molecule has 1 unspecified atom stereocenters. The number of carbonyl (C=O) groups excluding carboxylic acids is 2. The summed E-state index contributed by atoms with van der Waals surface area (Å²) in [5, 5.41) is 6.99. The van der Waals surface area contributed by atoms with Gasteiger partial charge in [-0.25, -0.2) is 9.07 Å². The first-order chi connectivity index (χ1) is 17.6. The first kappa shape index (κ1) is 26.0. The van der Waals surface area contributed by atoms with Crippen LogP contribution in [-0.2, 0) is 15.0 Å². The van der Waals surface area contributed by atoms with Crippen LogP contribution in [-0.4, -0.2) is 51.9 Å². The van der Waals surface area contributed by atoms with Gasteiger partial charge in [0.2, 0.25) is 11.8 Å². The van der Waals surface area contributed by atoms with E-state index in [-0.39, 0.29) is 40.6 Å². The molecule has 0 N–H and O–H groups in total. The molecule has 1 atom stereocenters. The van der Waals surface area contributed by atoms with Crippen LogP contribution in [0.5, 0.6) is 0 Å². The zero-order valence-corrected chi connectivity index (χ0v) is 23.4. The Hall–Kier alpha value is -2.65. The number of benzene rings is 1. The number of anilines is 1. The van der Waals surface area contributed by atoms with Gasteiger partial charge in [-0.15, -0.1) is 23.1 Å². The summed E-state index contributed by atoms with van der Waals surface area (Å²) in [5.74, 6) is 0.973. The third-order valence-electron chi connectivity index (χ3n) is 7.10. The summed E-state index contributed by atoms with van der Waals surface area (Å²) in [6.07, 6.45) is 1.95. The second kappa shape index (κ2) is 10.3. The SMILES string of the molecule is CC1CCN(C(=O)CN2C(=O)CSC(c3cccs3)c3c(C(C)(C)C)nn(-c4ccc(F)cc4)c32)CC1. The van der Waals surface area contributed by atoms with Crippen molar-refractivity contribution < 1.29 is 14.0 Å². The Labute approximate surface area is 225 Å². The van der Waals surface area contributed by atoms with Crippen molar-refractivity contribution in [3.8, 4) is 5.69 Å². The van der Waals surface area contributed by atoms with Gasteiger partial charge in [-0.2, -0.15) is 5.10 Å². The maximum atomic E-state index is 13.8. The maximum Gasteiger partial charge on any atom is 0.242 e. The molecule has 1 saturated heterocycles. The van der Waals surface area contributed by atoms with E-state index in [2.05, 4.69) is 33.8 Å². The second-order valence-corrected chi connectivity index (χ2v) is 13.0. The van der Waals surface area contributed by atoms with E-state index in [0.717, 1.165) is 29.0 Å². The van der Waals surface area contributed by atoms with Crippen LogP contribution in [0.2, 0.25) is 0 Å². The molecule has 3 aromatic rings. The highest BCUT2D eigenvalue weighted by atomic mass is 32.2. The Bertz CT molecular complexity index is 1270. The molecule has 0 saturated carbocycles. The molecule has 2 amide bonds. The van der Waals surface area contributed by atoms with Crippen LogP contribution in [0, 0.1) is 11.7 Å². The minimum absolute atomic E-state index is 0.0333. The Kier molecular flexibility index (Phi) is 7.20. The van der Waals surface area contributed by atoms with Crippen molar-refractivity contribution in [1.82, 2.24) is 14.7 Å². The highest BCUT2D eigenvalue weighted by Gasteiger charge is 2.40. The molecule has 4 heterocycles. The Morgan fingerprint density at radius 2 is 1.84 bits per heavy atom. The third kappa shape index (κ3) is 5.21. The zero-order valence-electron chi connectivity index (χ0n) is 21.7. The standard InChI is InChI=1S/C28H33FN4O2S2/c1-18-11-13-31(14-12-18)22(34)16-32-23(35)17-37-25(21-6-5-15-36-21)24-26(28(2,3)4)30-33(27(24)32)20-9-7-19(29)8-10-20/h5-10,15,18,25H,11-14,16-17H2,1-4H3. The van der Waals surface area contributed by atoms with Crippen LogP contribution in [0.1, 0.15) is 61.9 Å². The lowest BCUT2D eigenvalue weighted by Gasteiger charge is -2.32. The van der Waals surface area contributed by atoms with E-state index >= 15 is 0 Å². The quantitative estimate of drug-likeness (QED) is 0.420. The first-order valence-electron chi connectivity index (χ1n) is 12.8. The van der Waals surface area contributed by atoms with Gasteiger partial charge in [0, 0.05) is 28.9 Å². The van der Waals surface area contributed by atoms with Gasteiger partial charge in [0.25, 0.3) is 0 Å². The minimum atomic E-state index is -0.340. The van der Waals surface area contributed by atoms with Crippen LogP contribution in [0.3, 0.4) is 0 Å². The molecular formula is C28H33FN4O2S2. The minimum Gasteiger partial charge on any atom is -0.341 e. The summed E-state index contributed by atoms with van der Waals surface area (Å²) in [5.41, 5.74) is 2.16. The molecule has 6 nitrogen and oxygen atoms in total. The fourth-order valence-electron chi connectivity index (χ4n) is 4.99. The first-order valence-corrected chi connectivity index (χ1v) is 14.7. The molecule has 1 fully saturated rings. The van der Waals surface area contributed by atoms with Crippen molar-refractivity contribution in [2.45, 2.75) is 51.2 Å². The van der Waals surface area contributed by atoms with Crippen LogP contribution in [0.4, 0.5) is 10.2 Å². The zero-order chi connectivity index (χ0) is 26.3. The predicted octanol–water partition coefficient (Wildman–Crippen LogP) is 5.80. The van der Waals surface area contributed by atoms with Crippen molar-refractivity contribution in [1.29, 1.82) is 0 Å². The molecule has 0 aliphatic carbocycles. The normalized spacial score (nSPS) is 19.2. The summed E-state index contributed by atoms with van der Waals surface area (Å²) >= 11 is 3.24. The van der Waals surface area contributed by atoms with Gasteiger partial charge in [-0.3, -0.25) is 14.5 Å². The van der Waals surface area contributed by atoms with Crippen LogP contribution in [0.25, 0.3) is 5.69 Å². The average Bonchev–Trinajstić information content (AvgIpc) is 3.50. The molecule has 1 aromatic carbocycles. The van der Waals surface area contributed by atoms with E-state index in [1.54, 1.807) is 44.8 Å². The summed E-state index contributed by atoms with van der Waals surface area (Å²) < 4.78 is 15.6. The van der Waals surface area contributed by atoms with Gasteiger partial charge < -0.3 is 4.90 Å². The van der Waals surface area contributed by atoms with Crippen LogP contribution in [0.15, 0.2) is 41.8 Å². The molecule has 2 aliphatic heterocycles. The molecule has 0 bridgehead atoms. The topological polar surface area (TPSA) is 58.4 Å². The van der Waals surface area contributed by atoms with Crippen molar-refractivity contribution in [2.24, 2.45) is 5.92 Å². The van der Waals surface area contributed by atoms with Gasteiger partial charge in [-0.05, 0) is 54.5 Å². The molecule has 5 rings (SSSR count). The van der Waals surface area contributed by atoms with E-state index in [1.807, 2.05) is 16.3 Å². The van der Waals surface area contributed by atoms with E-state index in [4.69, 9.17) is 5.10 Å². The van der Waals surface area contributed by atoms with Gasteiger partial charge in [0.15, 0.2) is 0 Å². The lowest BCUT2D eigenvalue weighted by molar-refractivity contribution is -0.132. The number of likely N-dealkylation sites (tertiary alicyclic amines) is 1. The van der Waals surface area contributed by atoms with Gasteiger partial charge in [-0.1, -0.05) is 33.8 Å². The molecule has 9 heteroatoms. The summed E-state index contributed by atoms with van der Waals surface area (Å²) in [6.45, 7) is 9.93. The Balaban J connectivity index is 1.68. The molecule has 37 heavy (non-hydrogen) atoms. The third-order valence-corrected chi connectivity index (χ3v) is 9.42. The molecule has 0 radical (unpaired) electrons. The maximum absolute atomic E-state index is 13.8. The number of amides is 2. The number of thioether (sulfide) groups is 1. The Morgan fingerprint density at radius 1 is 1.14 bits per heavy atom. The number of fused-ring (bicyclic) bond motifs is 1. The number of halogens is 1. The van der Waals surface area contributed by atoms with Crippen molar-refractivity contribution in [3.63, 3.8) is 0 Å². The van der Waals surface area contributed by atoms with Crippen molar-refractivity contribution in [3.05, 3.63) is 63.7 Å². The van der Waals surface area contributed by atoms with Crippen LogP contribution < -0.4 is 4.90 Å². The number of rotatable bonds is 4. The molecule has 2 aliphatic rings.